The van der Waals surface area contributed by atoms with Crippen LogP contribution in [0.1, 0.15) is 16.7 Å². The number of carbonyl (C=O) groups is 2. The zero-order valence-electron chi connectivity index (χ0n) is 13.3. The van der Waals surface area contributed by atoms with Gasteiger partial charge in [0.05, 0.1) is 5.69 Å². The molecule has 3 rings (SSSR count). The van der Waals surface area contributed by atoms with Gasteiger partial charge in [0.15, 0.2) is 5.37 Å². The summed E-state index contributed by atoms with van der Waals surface area (Å²) in [5.74, 6) is -0.233. The average Bonchev–Trinajstić information content (AvgIpc) is 2.79. The number of hydrogen-bond acceptors (Lipinski definition) is 4. The molecular weight excluding hydrogens is 308 g/mol. The van der Waals surface area contributed by atoms with Crippen LogP contribution < -0.4 is 10.2 Å². The standard InChI is InChI=1S/C18H18N2O2S/c1-11-4-7-14(8-5-11)19-16-17(21)20(18(22)23-16)15-9-6-12(2)13(3)10-15/h4-10,16,19H,1-3H3. The van der Waals surface area contributed by atoms with Crippen LogP contribution in [0.4, 0.5) is 16.2 Å². The summed E-state index contributed by atoms with van der Waals surface area (Å²) in [5.41, 5.74) is 4.80. The second kappa shape index (κ2) is 6.08. The topological polar surface area (TPSA) is 49.4 Å². The molecule has 2 amide bonds. The molecule has 1 fully saturated rings. The van der Waals surface area contributed by atoms with Gasteiger partial charge in [-0.1, -0.05) is 23.8 Å². The molecule has 1 unspecified atom stereocenters. The zero-order chi connectivity index (χ0) is 16.6. The Kier molecular flexibility index (Phi) is 4.13. The van der Waals surface area contributed by atoms with Gasteiger partial charge in [-0.15, -0.1) is 0 Å². The number of thioether (sulfide) groups is 1. The van der Waals surface area contributed by atoms with Gasteiger partial charge >= 0.3 is 0 Å². The Morgan fingerprint density at radius 2 is 1.65 bits per heavy atom. The Morgan fingerprint density at radius 1 is 0.957 bits per heavy atom. The maximum Gasteiger partial charge on any atom is 0.295 e. The van der Waals surface area contributed by atoms with Gasteiger partial charge in [0.2, 0.25) is 0 Å². The van der Waals surface area contributed by atoms with Crippen LogP contribution in [-0.4, -0.2) is 16.5 Å². The number of hydrogen-bond donors (Lipinski definition) is 1. The Balaban J connectivity index is 1.82. The number of nitrogens with zero attached hydrogens (tertiary/aromatic N) is 1. The van der Waals surface area contributed by atoms with Crippen molar-refractivity contribution in [2.75, 3.05) is 10.2 Å². The highest BCUT2D eigenvalue weighted by atomic mass is 32.2. The van der Waals surface area contributed by atoms with Crippen molar-refractivity contribution < 1.29 is 9.59 Å². The molecule has 1 heterocycles. The Hall–Kier alpha value is -2.27. The highest BCUT2D eigenvalue weighted by molar-refractivity contribution is 8.16. The number of nitrogens with one attached hydrogen (secondary N) is 1. The molecule has 0 aromatic heterocycles. The number of benzene rings is 2. The Labute approximate surface area is 139 Å². The normalized spacial score (nSPS) is 17.7. The summed E-state index contributed by atoms with van der Waals surface area (Å²) in [6, 6.07) is 13.4. The minimum absolute atomic E-state index is 0.233. The first kappa shape index (κ1) is 15.6. The summed E-state index contributed by atoms with van der Waals surface area (Å²) < 4.78 is 0. The molecule has 0 aliphatic carbocycles. The van der Waals surface area contributed by atoms with Crippen LogP contribution in [0, 0.1) is 20.8 Å². The van der Waals surface area contributed by atoms with Gasteiger partial charge in [-0.2, -0.15) is 0 Å². The molecule has 4 nitrogen and oxygen atoms in total. The predicted octanol–water partition coefficient (Wildman–Crippen LogP) is 4.25. The van der Waals surface area contributed by atoms with Crippen molar-refractivity contribution in [1.29, 1.82) is 0 Å². The molecule has 0 saturated carbocycles. The van der Waals surface area contributed by atoms with Gasteiger partial charge in [-0.3, -0.25) is 9.59 Å². The summed E-state index contributed by atoms with van der Waals surface area (Å²) in [5, 5.41) is 2.29. The van der Waals surface area contributed by atoms with Crippen molar-refractivity contribution in [3.63, 3.8) is 0 Å². The summed E-state index contributed by atoms with van der Waals surface area (Å²) in [6.07, 6.45) is 0. The van der Waals surface area contributed by atoms with E-state index >= 15 is 0 Å². The Bertz CT molecular complexity index is 771. The molecule has 23 heavy (non-hydrogen) atoms. The van der Waals surface area contributed by atoms with Crippen LogP contribution in [0.2, 0.25) is 0 Å². The molecular formula is C18H18N2O2S. The lowest BCUT2D eigenvalue weighted by Gasteiger charge is -2.16. The van der Waals surface area contributed by atoms with Crippen molar-refractivity contribution in [3.8, 4) is 0 Å². The number of imide groups is 1. The minimum atomic E-state index is -0.591. The lowest BCUT2D eigenvalue weighted by atomic mass is 10.1. The van der Waals surface area contributed by atoms with Crippen molar-refractivity contribution in [2.24, 2.45) is 0 Å². The molecule has 1 aliphatic rings. The molecule has 1 aliphatic heterocycles. The molecule has 118 valence electrons. The van der Waals surface area contributed by atoms with Gasteiger partial charge in [-0.05, 0) is 67.9 Å². The fourth-order valence-electron chi connectivity index (χ4n) is 2.40. The first-order valence-electron chi connectivity index (χ1n) is 7.41. The molecule has 5 heteroatoms. The fourth-order valence-corrected chi connectivity index (χ4v) is 3.30. The van der Waals surface area contributed by atoms with Crippen molar-refractivity contribution in [1.82, 2.24) is 0 Å². The average molecular weight is 326 g/mol. The van der Waals surface area contributed by atoms with Crippen molar-refractivity contribution in [2.45, 2.75) is 26.1 Å². The van der Waals surface area contributed by atoms with Crippen molar-refractivity contribution in [3.05, 3.63) is 59.2 Å². The van der Waals surface area contributed by atoms with Crippen LogP contribution in [0.15, 0.2) is 42.5 Å². The zero-order valence-corrected chi connectivity index (χ0v) is 14.1. The first-order chi connectivity index (χ1) is 11.0. The van der Waals surface area contributed by atoms with Crippen LogP contribution in [0.25, 0.3) is 0 Å². The number of amides is 2. The molecule has 2 aromatic carbocycles. The van der Waals surface area contributed by atoms with Gasteiger partial charge < -0.3 is 5.32 Å². The number of aryl methyl sites for hydroxylation is 3. The SMILES string of the molecule is Cc1ccc(NC2SC(=O)N(c3ccc(C)c(C)c3)C2=O)cc1. The van der Waals surface area contributed by atoms with E-state index in [1.807, 2.05) is 63.2 Å². The molecule has 1 N–H and O–H groups in total. The third kappa shape index (κ3) is 3.10. The summed E-state index contributed by atoms with van der Waals surface area (Å²) >= 11 is 1.01. The molecule has 0 bridgehead atoms. The summed E-state index contributed by atoms with van der Waals surface area (Å²) in [4.78, 5) is 26.1. The van der Waals surface area contributed by atoms with E-state index in [0.717, 1.165) is 34.1 Å². The third-order valence-electron chi connectivity index (χ3n) is 3.94. The smallest absolute Gasteiger partial charge is 0.295 e. The van der Waals surface area contributed by atoms with E-state index in [4.69, 9.17) is 0 Å². The van der Waals surface area contributed by atoms with Gasteiger partial charge in [0.1, 0.15) is 0 Å². The van der Waals surface area contributed by atoms with Crippen LogP contribution in [0.5, 0.6) is 0 Å². The van der Waals surface area contributed by atoms with E-state index in [9.17, 15) is 9.59 Å². The lowest BCUT2D eigenvalue weighted by Crippen LogP contribution is -2.34. The number of anilines is 2. The van der Waals surface area contributed by atoms with Crippen LogP contribution >= 0.6 is 11.8 Å². The molecule has 2 aromatic rings. The van der Waals surface area contributed by atoms with Crippen molar-refractivity contribution >= 4 is 34.3 Å². The largest absolute Gasteiger partial charge is 0.365 e. The van der Waals surface area contributed by atoms with Crippen LogP contribution in [-0.2, 0) is 4.79 Å². The molecule has 0 radical (unpaired) electrons. The van der Waals surface area contributed by atoms with E-state index in [1.54, 1.807) is 0 Å². The highest BCUT2D eigenvalue weighted by Crippen LogP contribution is 2.33. The van der Waals surface area contributed by atoms with E-state index in [1.165, 1.54) is 4.90 Å². The lowest BCUT2D eigenvalue weighted by molar-refractivity contribution is -0.116. The predicted molar refractivity (Wildman–Crippen MR) is 95.0 cm³/mol. The van der Waals surface area contributed by atoms with E-state index < -0.39 is 5.37 Å². The third-order valence-corrected chi connectivity index (χ3v) is 4.88. The summed E-state index contributed by atoms with van der Waals surface area (Å²) in [6.45, 7) is 5.98. The van der Waals surface area contributed by atoms with E-state index in [-0.39, 0.29) is 11.1 Å². The van der Waals surface area contributed by atoms with Crippen LogP contribution in [0.3, 0.4) is 0 Å². The maximum absolute atomic E-state index is 12.6. The fraction of sp³-hybridized carbons (Fsp3) is 0.222. The second-order valence-corrected chi connectivity index (χ2v) is 6.77. The molecule has 1 atom stereocenters. The number of rotatable bonds is 3. The van der Waals surface area contributed by atoms with Gasteiger partial charge in [-0.25, -0.2) is 4.90 Å². The monoisotopic (exact) mass is 326 g/mol. The highest BCUT2D eigenvalue weighted by Gasteiger charge is 2.40. The minimum Gasteiger partial charge on any atom is -0.365 e. The molecule has 1 saturated heterocycles. The summed E-state index contributed by atoms with van der Waals surface area (Å²) in [7, 11) is 0. The first-order valence-corrected chi connectivity index (χ1v) is 8.29. The maximum atomic E-state index is 12.6. The van der Waals surface area contributed by atoms with Gasteiger partial charge in [0.25, 0.3) is 11.1 Å². The Morgan fingerprint density at radius 3 is 2.30 bits per heavy atom. The van der Waals surface area contributed by atoms with Gasteiger partial charge in [0, 0.05) is 5.69 Å². The number of carbonyl (C=O) groups excluding carboxylic acids is 2. The second-order valence-electron chi connectivity index (χ2n) is 5.72. The molecule has 0 spiro atoms. The quantitative estimate of drug-likeness (QED) is 0.916. The van der Waals surface area contributed by atoms with E-state index in [0.29, 0.717) is 5.69 Å². The van der Waals surface area contributed by atoms with E-state index in [2.05, 4.69) is 5.32 Å².